The number of pyridine rings is 1. The van der Waals surface area contributed by atoms with Crippen LogP contribution in [0.4, 0.5) is 0 Å². The van der Waals surface area contributed by atoms with Gasteiger partial charge in [-0.2, -0.15) is 0 Å². The van der Waals surface area contributed by atoms with Crippen LogP contribution in [0.3, 0.4) is 0 Å². The van der Waals surface area contributed by atoms with Crippen LogP contribution in [-0.2, 0) is 32.8 Å². The lowest BCUT2D eigenvalue weighted by Crippen LogP contribution is -2.61. The zero-order valence-corrected chi connectivity index (χ0v) is 19.9. The van der Waals surface area contributed by atoms with Gasteiger partial charge in [0, 0.05) is 36.1 Å². The molecule has 5 aliphatic rings. The van der Waals surface area contributed by atoms with Crippen molar-refractivity contribution in [3.63, 3.8) is 0 Å². The first-order chi connectivity index (χ1) is 17.1. The summed E-state index contributed by atoms with van der Waals surface area (Å²) in [6.45, 7) is 5.61. The van der Waals surface area contributed by atoms with E-state index in [9.17, 15) is 4.79 Å². The van der Waals surface area contributed by atoms with E-state index in [1.165, 1.54) is 5.56 Å². The van der Waals surface area contributed by atoms with Gasteiger partial charge in [0.25, 0.3) is 0 Å². The largest absolute Gasteiger partial charge is 0.484 e. The molecule has 0 amide bonds. The van der Waals surface area contributed by atoms with Gasteiger partial charge in [-0.25, -0.2) is 4.68 Å². The Hall–Kier alpha value is -2.88. The third-order valence-corrected chi connectivity index (χ3v) is 8.40. The molecule has 8 rings (SSSR count). The molecule has 1 unspecified atom stereocenters. The van der Waals surface area contributed by atoms with Crippen LogP contribution in [-0.4, -0.2) is 69.1 Å². The van der Waals surface area contributed by atoms with Gasteiger partial charge in [-0.15, -0.1) is 5.10 Å². The topological polar surface area (TPSA) is 91.6 Å². The number of nitrogens with zero attached hydrogens (tertiary/aromatic N) is 5. The van der Waals surface area contributed by atoms with E-state index in [2.05, 4.69) is 26.3 Å². The summed E-state index contributed by atoms with van der Waals surface area (Å²) in [4.78, 5) is 18.2. The van der Waals surface area contributed by atoms with Crippen LogP contribution in [0.25, 0.3) is 10.9 Å². The fourth-order valence-corrected chi connectivity index (χ4v) is 6.77. The van der Waals surface area contributed by atoms with Crippen LogP contribution in [0.1, 0.15) is 49.1 Å². The molecule has 1 aromatic carbocycles. The number of hydrogen-bond donors (Lipinski definition) is 0. The highest BCUT2D eigenvalue weighted by Crippen LogP contribution is 2.59. The Morgan fingerprint density at radius 3 is 3.09 bits per heavy atom. The van der Waals surface area contributed by atoms with Crippen molar-refractivity contribution in [2.24, 2.45) is 0 Å². The molecule has 1 saturated carbocycles. The van der Waals surface area contributed by atoms with Crippen LogP contribution in [0.2, 0.25) is 0 Å². The zero-order chi connectivity index (χ0) is 23.6. The number of morpholine rings is 1. The molecule has 2 atom stereocenters. The van der Waals surface area contributed by atoms with Crippen LogP contribution in [0.15, 0.2) is 30.6 Å². The monoisotopic (exact) mass is 475 g/mol. The van der Waals surface area contributed by atoms with E-state index in [1.807, 2.05) is 36.1 Å². The fourth-order valence-electron chi connectivity index (χ4n) is 6.77. The summed E-state index contributed by atoms with van der Waals surface area (Å²) in [5, 5.41) is 10.1. The predicted octanol–water partition coefficient (Wildman–Crippen LogP) is 2.57. The second-order valence-corrected chi connectivity index (χ2v) is 10.6. The minimum Gasteiger partial charge on any atom is -0.484 e. The number of rotatable bonds is 6. The molecule has 2 bridgehead atoms. The van der Waals surface area contributed by atoms with Crippen molar-refractivity contribution < 1.29 is 19.0 Å². The van der Waals surface area contributed by atoms with E-state index < -0.39 is 0 Å². The number of carbonyl (C=O) groups excluding carboxylic acids is 1. The maximum absolute atomic E-state index is 11.2. The lowest BCUT2D eigenvalue weighted by atomic mass is 9.67. The molecule has 35 heavy (non-hydrogen) atoms. The molecule has 9 heteroatoms. The standard InChI is InChI=1S/C26H29N5O4/c1-17(35-20-2-3-23-22(8-20)21-5-7-33-11-18(21)9-27-23)24-10-31(29-28-24)25-13-26(14-25)16-34-12-19(4-6-32)30(26)15-25/h2-3,6,8-10,17,19H,4-5,7,11-16H2,1H3/t17-,19?,25?,26?/m1/s1. The Morgan fingerprint density at radius 1 is 1.29 bits per heavy atom. The van der Waals surface area contributed by atoms with E-state index in [0.717, 1.165) is 73.2 Å². The van der Waals surface area contributed by atoms with Crippen LogP contribution in [0.5, 0.6) is 5.75 Å². The summed E-state index contributed by atoms with van der Waals surface area (Å²) in [6.07, 6.45) is 8.11. The van der Waals surface area contributed by atoms with Crippen molar-refractivity contribution >= 4 is 17.2 Å². The molecule has 182 valence electrons. The quantitative estimate of drug-likeness (QED) is 0.503. The van der Waals surface area contributed by atoms with Gasteiger partial charge in [0.2, 0.25) is 0 Å². The normalized spacial score (nSPS) is 30.4. The molecule has 0 radical (unpaired) electrons. The highest BCUT2D eigenvalue weighted by atomic mass is 16.5. The summed E-state index contributed by atoms with van der Waals surface area (Å²) in [5.74, 6) is 0.800. The van der Waals surface area contributed by atoms with E-state index >= 15 is 0 Å². The first-order valence-electron chi connectivity index (χ1n) is 12.5. The van der Waals surface area contributed by atoms with Crippen LogP contribution in [0, 0.1) is 0 Å². The Bertz CT molecular complexity index is 1300. The Balaban J connectivity index is 1.10. The summed E-state index contributed by atoms with van der Waals surface area (Å²) < 4.78 is 19.8. The number of fused-ring (bicyclic) bond motifs is 3. The lowest BCUT2D eigenvalue weighted by molar-refractivity contribution is -0.119. The number of aldehydes is 1. The van der Waals surface area contributed by atoms with Crippen LogP contribution >= 0.6 is 0 Å². The molecule has 9 nitrogen and oxygen atoms in total. The van der Waals surface area contributed by atoms with Gasteiger partial charge in [0.15, 0.2) is 0 Å². The fraction of sp³-hybridized carbons (Fsp3) is 0.538. The van der Waals surface area contributed by atoms with Crippen molar-refractivity contribution in [2.75, 3.05) is 26.4 Å². The highest BCUT2D eigenvalue weighted by molar-refractivity contribution is 5.84. The Kier molecular flexibility index (Phi) is 4.78. The van der Waals surface area contributed by atoms with Crippen LogP contribution < -0.4 is 4.74 Å². The highest BCUT2D eigenvalue weighted by Gasteiger charge is 2.69. The van der Waals surface area contributed by atoms with Gasteiger partial charge in [0.1, 0.15) is 23.8 Å². The average molecular weight is 476 g/mol. The molecule has 2 aromatic heterocycles. The molecule has 4 fully saturated rings. The van der Waals surface area contributed by atoms with Crippen molar-refractivity contribution in [2.45, 2.75) is 62.4 Å². The minimum absolute atomic E-state index is 0.0451. The summed E-state index contributed by atoms with van der Waals surface area (Å²) in [5.41, 5.74) is 4.22. The molecule has 1 spiro atoms. The van der Waals surface area contributed by atoms with Crippen molar-refractivity contribution in [1.29, 1.82) is 0 Å². The Morgan fingerprint density at radius 2 is 2.20 bits per heavy atom. The molecular weight excluding hydrogens is 446 g/mol. The van der Waals surface area contributed by atoms with Gasteiger partial charge in [-0.3, -0.25) is 9.88 Å². The second kappa shape index (κ2) is 7.81. The summed E-state index contributed by atoms with van der Waals surface area (Å²) in [6, 6.07) is 6.24. The van der Waals surface area contributed by atoms with Gasteiger partial charge in [-0.05, 0) is 55.5 Å². The molecule has 0 N–H and O–H groups in total. The average Bonchev–Trinajstić information content (AvgIpc) is 3.56. The molecule has 3 saturated heterocycles. The third-order valence-electron chi connectivity index (χ3n) is 8.40. The smallest absolute Gasteiger partial charge is 0.141 e. The molecule has 1 aliphatic carbocycles. The van der Waals surface area contributed by atoms with Crippen molar-refractivity contribution in [3.8, 4) is 5.75 Å². The van der Waals surface area contributed by atoms with Crippen molar-refractivity contribution in [3.05, 3.63) is 47.4 Å². The van der Waals surface area contributed by atoms with Gasteiger partial charge >= 0.3 is 0 Å². The van der Waals surface area contributed by atoms with Gasteiger partial charge in [-0.1, -0.05) is 5.21 Å². The predicted molar refractivity (Wildman–Crippen MR) is 126 cm³/mol. The van der Waals surface area contributed by atoms with E-state index in [0.29, 0.717) is 19.6 Å². The third kappa shape index (κ3) is 3.25. The summed E-state index contributed by atoms with van der Waals surface area (Å²) in [7, 11) is 0. The molecule has 6 heterocycles. The van der Waals surface area contributed by atoms with E-state index in [4.69, 9.17) is 14.2 Å². The first-order valence-corrected chi connectivity index (χ1v) is 12.5. The van der Waals surface area contributed by atoms with Crippen molar-refractivity contribution in [1.82, 2.24) is 24.9 Å². The zero-order valence-electron chi connectivity index (χ0n) is 19.9. The molecule has 4 aliphatic heterocycles. The maximum atomic E-state index is 11.2. The number of ether oxygens (including phenoxy) is 3. The lowest BCUT2D eigenvalue weighted by Gasteiger charge is -2.51. The Labute approximate surface area is 203 Å². The number of benzene rings is 1. The number of carbonyl (C=O) groups is 1. The van der Waals surface area contributed by atoms with Gasteiger partial charge < -0.3 is 19.0 Å². The molecular formula is C26H29N5O4. The number of aromatic nitrogens is 4. The SMILES string of the molecule is C[C@@H](Oc1ccc2ncc3c(c2c1)CCOC3)c1cn(C23CN4C(CC=O)COCC4(C2)C3)nn1. The molecule has 3 aromatic rings. The van der Waals surface area contributed by atoms with E-state index in [-0.39, 0.29) is 23.2 Å². The van der Waals surface area contributed by atoms with E-state index in [1.54, 1.807) is 0 Å². The first kappa shape index (κ1) is 21.4. The maximum Gasteiger partial charge on any atom is 0.141 e. The minimum atomic E-state index is -0.238. The number of hydrogen-bond acceptors (Lipinski definition) is 8. The second-order valence-electron chi connectivity index (χ2n) is 10.6. The van der Waals surface area contributed by atoms with Gasteiger partial charge in [0.05, 0.1) is 43.7 Å². The summed E-state index contributed by atoms with van der Waals surface area (Å²) >= 11 is 0.